The first-order valence-electron chi connectivity index (χ1n) is 6.89. The van der Waals surface area contributed by atoms with E-state index >= 15 is 0 Å². The van der Waals surface area contributed by atoms with E-state index in [1.165, 1.54) is 31.7 Å². The van der Waals surface area contributed by atoms with Crippen LogP contribution in [0.3, 0.4) is 0 Å². The minimum absolute atomic E-state index is 0.209. The van der Waals surface area contributed by atoms with Crippen LogP contribution in [0, 0.1) is 23.6 Å². The first-order valence-corrected chi connectivity index (χ1v) is 6.89. The second-order valence-corrected chi connectivity index (χ2v) is 6.02. The summed E-state index contributed by atoms with van der Waals surface area (Å²) in [6.07, 6.45) is 5.58. The summed E-state index contributed by atoms with van der Waals surface area (Å²) in [5.41, 5.74) is 7.43. The van der Waals surface area contributed by atoms with Crippen LogP contribution in [0.4, 0.5) is 15.8 Å². The molecule has 1 aromatic carbocycles. The molecule has 2 saturated carbocycles. The van der Waals surface area contributed by atoms with Crippen molar-refractivity contribution in [2.24, 2.45) is 17.8 Å². The maximum absolute atomic E-state index is 13.3. The van der Waals surface area contributed by atoms with Crippen molar-refractivity contribution in [2.45, 2.75) is 25.7 Å². The van der Waals surface area contributed by atoms with Crippen LogP contribution in [0.25, 0.3) is 0 Å². The van der Waals surface area contributed by atoms with E-state index in [0.717, 1.165) is 30.0 Å². The van der Waals surface area contributed by atoms with Gasteiger partial charge in [0.15, 0.2) is 0 Å². The van der Waals surface area contributed by atoms with E-state index in [1.54, 1.807) is 12.1 Å². The van der Waals surface area contributed by atoms with Gasteiger partial charge < -0.3 is 10.6 Å². The summed E-state index contributed by atoms with van der Waals surface area (Å²) in [4.78, 5) is 2.13. The van der Waals surface area contributed by atoms with Crippen LogP contribution in [0.15, 0.2) is 18.2 Å². The fraction of sp³-hybridized carbons (Fsp3) is 0.600. The lowest BCUT2D eigenvalue weighted by molar-refractivity contribution is 0.337. The van der Waals surface area contributed by atoms with E-state index in [4.69, 9.17) is 5.73 Å². The molecule has 2 bridgehead atoms. The molecule has 98 valence electrons. The van der Waals surface area contributed by atoms with Gasteiger partial charge in [0.1, 0.15) is 5.82 Å². The summed E-state index contributed by atoms with van der Waals surface area (Å²) in [5, 5.41) is 0. The minimum Gasteiger partial charge on any atom is -0.397 e. The fourth-order valence-electron chi connectivity index (χ4n) is 3.90. The van der Waals surface area contributed by atoms with Crippen LogP contribution in [0.1, 0.15) is 25.7 Å². The number of benzene rings is 1. The Morgan fingerprint density at radius 2 is 2.17 bits per heavy atom. The molecule has 2 fully saturated rings. The van der Waals surface area contributed by atoms with Crippen LogP contribution in [0.2, 0.25) is 0 Å². The largest absolute Gasteiger partial charge is 0.397 e. The topological polar surface area (TPSA) is 29.3 Å². The van der Waals surface area contributed by atoms with E-state index in [0.29, 0.717) is 5.69 Å². The maximum Gasteiger partial charge on any atom is 0.125 e. The van der Waals surface area contributed by atoms with Crippen molar-refractivity contribution in [3.63, 3.8) is 0 Å². The van der Waals surface area contributed by atoms with Crippen molar-refractivity contribution >= 4 is 11.4 Å². The smallest absolute Gasteiger partial charge is 0.125 e. The third kappa shape index (κ3) is 2.06. The van der Waals surface area contributed by atoms with Crippen molar-refractivity contribution in [1.29, 1.82) is 0 Å². The van der Waals surface area contributed by atoms with Gasteiger partial charge in [-0.3, -0.25) is 0 Å². The Morgan fingerprint density at radius 3 is 2.83 bits per heavy atom. The highest BCUT2D eigenvalue weighted by Gasteiger charge is 2.39. The number of rotatable bonds is 3. The molecule has 0 spiro atoms. The zero-order chi connectivity index (χ0) is 12.7. The van der Waals surface area contributed by atoms with Gasteiger partial charge in [-0.1, -0.05) is 6.42 Å². The summed E-state index contributed by atoms with van der Waals surface area (Å²) in [6.45, 7) is 1.01. The summed E-state index contributed by atoms with van der Waals surface area (Å²) >= 11 is 0. The first kappa shape index (κ1) is 11.8. The highest BCUT2D eigenvalue weighted by Crippen LogP contribution is 2.48. The third-order valence-electron chi connectivity index (χ3n) is 4.80. The van der Waals surface area contributed by atoms with E-state index in [9.17, 15) is 4.39 Å². The number of hydrogen-bond acceptors (Lipinski definition) is 2. The van der Waals surface area contributed by atoms with Crippen LogP contribution >= 0.6 is 0 Å². The summed E-state index contributed by atoms with van der Waals surface area (Å²) in [5.74, 6) is 2.42. The Morgan fingerprint density at radius 1 is 1.33 bits per heavy atom. The summed E-state index contributed by atoms with van der Waals surface area (Å²) in [7, 11) is 2.02. The van der Waals surface area contributed by atoms with E-state index < -0.39 is 0 Å². The van der Waals surface area contributed by atoms with Crippen molar-refractivity contribution in [3.8, 4) is 0 Å². The lowest BCUT2D eigenvalue weighted by atomic mass is 9.88. The molecular formula is C15H21FN2. The zero-order valence-corrected chi connectivity index (χ0v) is 10.9. The Bertz CT molecular complexity index is 446. The van der Waals surface area contributed by atoms with Crippen LogP contribution < -0.4 is 10.6 Å². The molecule has 3 atom stereocenters. The van der Waals surface area contributed by atoms with Gasteiger partial charge in [0.25, 0.3) is 0 Å². The summed E-state index contributed by atoms with van der Waals surface area (Å²) < 4.78 is 13.3. The molecular weight excluding hydrogens is 227 g/mol. The van der Waals surface area contributed by atoms with Crippen LogP contribution in [-0.4, -0.2) is 13.6 Å². The number of fused-ring (bicyclic) bond motifs is 2. The van der Waals surface area contributed by atoms with Gasteiger partial charge in [0, 0.05) is 13.6 Å². The Hall–Kier alpha value is -1.25. The highest BCUT2D eigenvalue weighted by atomic mass is 19.1. The maximum atomic E-state index is 13.3. The average Bonchev–Trinajstić information content (AvgIpc) is 2.94. The lowest BCUT2D eigenvalue weighted by Crippen LogP contribution is -2.29. The molecule has 1 aromatic rings. The standard InChI is InChI=1S/C15H21FN2/c1-18(15-8-13(16)4-5-14(15)17)9-12-7-10-2-3-11(12)6-10/h4-5,8,10-12H,2-3,6-7,9,17H2,1H3. The number of nitrogens with two attached hydrogens (primary N) is 1. The van der Waals surface area contributed by atoms with Crippen molar-refractivity contribution in [1.82, 2.24) is 0 Å². The monoisotopic (exact) mass is 248 g/mol. The SMILES string of the molecule is CN(CC1CC2CCC1C2)c1cc(F)ccc1N. The number of halogens is 1. The molecule has 0 radical (unpaired) electrons. The number of hydrogen-bond donors (Lipinski definition) is 1. The normalized spacial score (nSPS) is 29.8. The molecule has 3 rings (SSSR count). The molecule has 0 aliphatic heterocycles. The zero-order valence-electron chi connectivity index (χ0n) is 10.9. The second-order valence-electron chi connectivity index (χ2n) is 6.02. The van der Waals surface area contributed by atoms with E-state index in [-0.39, 0.29) is 5.82 Å². The van der Waals surface area contributed by atoms with E-state index in [2.05, 4.69) is 4.90 Å². The second kappa shape index (κ2) is 4.45. The number of nitrogens with zero attached hydrogens (tertiary/aromatic N) is 1. The van der Waals surface area contributed by atoms with Gasteiger partial charge in [-0.15, -0.1) is 0 Å². The molecule has 0 amide bonds. The van der Waals surface area contributed by atoms with Crippen molar-refractivity contribution < 1.29 is 4.39 Å². The molecule has 2 aliphatic rings. The van der Waals surface area contributed by atoms with Crippen molar-refractivity contribution in [3.05, 3.63) is 24.0 Å². The Balaban J connectivity index is 1.71. The fourth-order valence-corrected chi connectivity index (χ4v) is 3.90. The predicted molar refractivity (Wildman–Crippen MR) is 73.0 cm³/mol. The minimum atomic E-state index is -0.209. The van der Waals surface area contributed by atoms with E-state index in [1.807, 2.05) is 7.05 Å². The van der Waals surface area contributed by atoms with Gasteiger partial charge in [-0.25, -0.2) is 4.39 Å². The lowest BCUT2D eigenvalue weighted by Gasteiger charge is -2.29. The molecule has 3 unspecified atom stereocenters. The third-order valence-corrected chi connectivity index (χ3v) is 4.80. The highest BCUT2D eigenvalue weighted by molar-refractivity contribution is 5.67. The number of anilines is 2. The molecule has 0 saturated heterocycles. The van der Waals surface area contributed by atoms with Gasteiger partial charge in [0.2, 0.25) is 0 Å². The number of nitrogen functional groups attached to an aromatic ring is 1. The predicted octanol–water partition coefficient (Wildman–Crippen LogP) is 3.28. The van der Waals surface area contributed by atoms with Gasteiger partial charge >= 0.3 is 0 Å². The van der Waals surface area contributed by atoms with Gasteiger partial charge in [0.05, 0.1) is 11.4 Å². The van der Waals surface area contributed by atoms with Gasteiger partial charge in [-0.05, 0) is 55.2 Å². The molecule has 3 heteroatoms. The molecule has 18 heavy (non-hydrogen) atoms. The van der Waals surface area contributed by atoms with Gasteiger partial charge in [-0.2, -0.15) is 0 Å². The molecule has 0 aromatic heterocycles. The molecule has 2 aliphatic carbocycles. The molecule has 2 nitrogen and oxygen atoms in total. The summed E-state index contributed by atoms with van der Waals surface area (Å²) in [6, 6.07) is 4.62. The average molecular weight is 248 g/mol. The van der Waals surface area contributed by atoms with Crippen molar-refractivity contribution in [2.75, 3.05) is 24.2 Å². The van der Waals surface area contributed by atoms with Crippen LogP contribution in [0.5, 0.6) is 0 Å². The molecule has 2 N–H and O–H groups in total. The quantitative estimate of drug-likeness (QED) is 0.832. The van der Waals surface area contributed by atoms with Crippen LogP contribution in [-0.2, 0) is 0 Å². The Kier molecular flexibility index (Phi) is 2.92. The Labute approximate surface area is 108 Å². The first-order chi connectivity index (χ1) is 8.63. The molecule has 0 heterocycles.